The topological polar surface area (TPSA) is 40.2 Å². The van der Waals surface area contributed by atoms with Crippen molar-refractivity contribution >= 4 is 11.4 Å². The number of likely N-dealkylation sites (tertiary alicyclic amines) is 1. The summed E-state index contributed by atoms with van der Waals surface area (Å²) in [7, 11) is 0. The molecule has 3 aliphatic rings. The number of pyridine rings is 1. The molecule has 2 atom stereocenters. The normalized spacial score (nSPS) is 22.5. The van der Waals surface area contributed by atoms with Gasteiger partial charge in [0, 0.05) is 48.0 Å². The molecule has 3 heterocycles. The van der Waals surface area contributed by atoms with Crippen molar-refractivity contribution in [3.05, 3.63) is 64.7 Å². The maximum Gasteiger partial charge on any atom is 0.127 e. The minimum Gasteiger partial charge on any atom is -0.374 e. The lowest BCUT2D eigenvalue weighted by atomic mass is 9.95. The number of anilines is 1. The average molecular weight is 435 g/mol. The molecule has 1 saturated carbocycles. The van der Waals surface area contributed by atoms with Crippen LogP contribution in [0.25, 0.3) is 5.70 Å². The third-order valence-corrected chi connectivity index (χ3v) is 7.07. The number of benzene rings is 1. The summed E-state index contributed by atoms with van der Waals surface area (Å²) < 4.78 is 14.7. The van der Waals surface area contributed by atoms with E-state index in [4.69, 9.17) is 4.98 Å². The van der Waals surface area contributed by atoms with Crippen molar-refractivity contribution in [2.24, 2.45) is 5.92 Å². The van der Waals surface area contributed by atoms with E-state index in [-0.39, 0.29) is 11.9 Å². The number of hydrogen-bond acceptors (Lipinski definition) is 4. The number of halogens is 1. The predicted molar refractivity (Wildman–Crippen MR) is 129 cm³/mol. The fraction of sp³-hybridized carbons (Fsp3) is 0.519. The van der Waals surface area contributed by atoms with Gasteiger partial charge < -0.3 is 15.5 Å². The van der Waals surface area contributed by atoms with E-state index < -0.39 is 0 Å². The van der Waals surface area contributed by atoms with Gasteiger partial charge in [-0.2, -0.15) is 0 Å². The third kappa shape index (κ3) is 4.68. The van der Waals surface area contributed by atoms with Gasteiger partial charge in [0.15, 0.2) is 0 Å². The van der Waals surface area contributed by atoms with Gasteiger partial charge in [0.05, 0.1) is 6.04 Å². The number of aromatic nitrogens is 1. The van der Waals surface area contributed by atoms with Gasteiger partial charge in [-0.1, -0.05) is 19.9 Å². The summed E-state index contributed by atoms with van der Waals surface area (Å²) in [5, 5.41) is 7.22. The van der Waals surface area contributed by atoms with Crippen molar-refractivity contribution in [3.63, 3.8) is 0 Å². The Labute approximate surface area is 191 Å². The van der Waals surface area contributed by atoms with Gasteiger partial charge in [-0.3, -0.25) is 4.98 Å². The van der Waals surface area contributed by atoms with Gasteiger partial charge in [-0.05, 0) is 86.4 Å². The molecule has 1 saturated heterocycles. The molecule has 2 unspecified atom stereocenters. The molecule has 2 N–H and O–H groups in total. The maximum atomic E-state index is 14.7. The van der Waals surface area contributed by atoms with E-state index in [0.717, 1.165) is 72.3 Å². The SMILES string of the molecule is CCc1cc2c(cc1F)C(N1CCC(C)C1)=CC(c1ccc(CCCNC3CC3)nc1)N2. The van der Waals surface area contributed by atoms with Crippen molar-refractivity contribution in [1.29, 1.82) is 0 Å². The molecule has 2 fully saturated rings. The Hall–Kier alpha value is -2.40. The van der Waals surface area contributed by atoms with Gasteiger partial charge in [-0.15, -0.1) is 0 Å². The second kappa shape index (κ2) is 9.22. The Morgan fingerprint density at radius 3 is 2.78 bits per heavy atom. The first-order chi connectivity index (χ1) is 15.6. The lowest BCUT2D eigenvalue weighted by molar-refractivity contribution is 0.467. The van der Waals surface area contributed by atoms with Gasteiger partial charge in [-0.25, -0.2) is 4.39 Å². The van der Waals surface area contributed by atoms with Crippen molar-refractivity contribution in [1.82, 2.24) is 15.2 Å². The van der Waals surface area contributed by atoms with E-state index in [0.29, 0.717) is 12.3 Å². The fourth-order valence-corrected chi connectivity index (χ4v) is 4.92. The zero-order valence-corrected chi connectivity index (χ0v) is 19.3. The van der Waals surface area contributed by atoms with Crippen LogP contribution in [0.4, 0.5) is 10.1 Å². The quantitative estimate of drug-likeness (QED) is 0.552. The highest BCUT2D eigenvalue weighted by Gasteiger charge is 2.29. The van der Waals surface area contributed by atoms with E-state index in [1.807, 2.05) is 19.2 Å². The monoisotopic (exact) mass is 434 g/mol. The molecule has 32 heavy (non-hydrogen) atoms. The number of aryl methyl sites for hydroxylation is 2. The zero-order chi connectivity index (χ0) is 22.1. The van der Waals surface area contributed by atoms with Gasteiger partial charge in [0.25, 0.3) is 0 Å². The molecule has 2 aliphatic heterocycles. The zero-order valence-electron chi connectivity index (χ0n) is 19.3. The molecule has 0 bridgehead atoms. The smallest absolute Gasteiger partial charge is 0.127 e. The standard InChI is InChI=1S/C27H35FN4/c1-3-19-13-26-23(14-24(19)28)27(32-12-10-18(2)17-32)15-25(31-26)20-6-7-21(30-16-20)5-4-11-29-22-8-9-22/h6-7,13-16,18,22,25,29,31H,3-5,8-12,17H2,1-2H3. The minimum absolute atomic E-state index is 0.0432. The Morgan fingerprint density at radius 2 is 2.09 bits per heavy atom. The molecule has 5 rings (SSSR count). The number of rotatable bonds is 8. The lowest BCUT2D eigenvalue weighted by Gasteiger charge is -2.32. The molecule has 5 heteroatoms. The maximum absolute atomic E-state index is 14.7. The van der Waals surface area contributed by atoms with Crippen LogP contribution in [0.3, 0.4) is 0 Å². The summed E-state index contributed by atoms with van der Waals surface area (Å²) in [5.74, 6) is 0.564. The summed E-state index contributed by atoms with van der Waals surface area (Å²) in [6.07, 6.45) is 11.0. The molecular weight excluding hydrogens is 399 g/mol. The summed E-state index contributed by atoms with van der Waals surface area (Å²) in [6, 6.07) is 8.90. The molecule has 2 aromatic rings. The second-order valence-corrected chi connectivity index (χ2v) is 9.77. The van der Waals surface area contributed by atoms with E-state index >= 15 is 0 Å². The average Bonchev–Trinajstić information content (AvgIpc) is 3.54. The van der Waals surface area contributed by atoms with E-state index in [9.17, 15) is 4.39 Å². The van der Waals surface area contributed by atoms with Crippen molar-refractivity contribution in [2.75, 3.05) is 25.0 Å². The van der Waals surface area contributed by atoms with Crippen LogP contribution >= 0.6 is 0 Å². The van der Waals surface area contributed by atoms with E-state index in [2.05, 4.69) is 40.7 Å². The van der Waals surface area contributed by atoms with Gasteiger partial charge in [0.2, 0.25) is 0 Å². The molecule has 1 aromatic carbocycles. The Bertz CT molecular complexity index is 980. The second-order valence-electron chi connectivity index (χ2n) is 9.77. The first-order valence-electron chi connectivity index (χ1n) is 12.3. The molecule has 1 aromatic heterocycles. The Kier molecular flexibility index (Phi) is 6.18. The number of hydrogen-bond donors (Lipinski definition) is 2. The molecular formula is C27H35FN4. The highest BCUT2D eigenvalue weighted by Crippen LogP contribution is 2.40. The Morgan fingerprint density at radius 1 is 1.22 bits per heavy atom. The lowest BCUT2D eigenvalue weighted by Crippen LogP contribution is -2.25. The van der Waals surface area contributed by atoms with Crippen LogP contribution < -0.4 is 10.6 Å². The van der Waals surface area contributed by atoms with Gasteiger partial charge in [0.1, 0.15) is 5.82 Å². The molecule has 4 nitrogen and oxygen atoms in total. The highest BCUT2D eigenvalue weighted by molar-refractivity contribution is 5.80. The summed E-state index contributed by atoms with van der Waals surface area (Å²) in [6.45, 7) is 7.44. The Balaban J connectivity index is 1.36. The van der Waals surface area contributed by atoms with Crippen LogP contribution in [0.5, 0.6) is 0 Å². The van der Waals surface area contributed by atoms with Crippen LogP contribution in [0.2, 0.25) is 0 Å². The number of nitrogens with zero attached hydrogens (tertiary/aromatic N) is 2. The number of nitrogens with one attached hydrogen (secondary N) is 2. The molecule has 0 spiro atoms. The largest absolute Gasteiger partial charge is 0.374 e. The van der Waals surface area contributed by atoms with Crippen LogP contribution in [0, 0.1) is 11.7 Å². The molecule has 170 valence electrons. The summed E-state index contributed by atoms with van der Waals surface area (Å²) in [5.41, 5.74) is 6.24. The van der Waals surface area contributed by atoms with Crippen LogP contribution in [0.1, 0.15) is 68.0 Å². The predicted octanol–water partition coefficient (Wildman–Crippen LogP) is 5.32. The minimum atomic E-state index is -0.105. The molecule has 0 radical (unpaired) electrons. The first kappa shape index (κ1) is 21.4. The van der Waals surface area contributed by atoms with Crippen molar-refractivity contribution < 1.29 is 4.39 Å². The summed E-state index contributed by atoms with van der Waals surface area (Å²) >= 11 is 0. The molecule has 0 amide bonds. The highest BCUT2D eigenvalue weighted by atomic mass is 19.1. The van der Waals surface area contributed by atoms with Crippen LogP contribution in [-0.2, 0) is 12.8 Å². The summed E-state index contributed by atoms with van der Waals surface area (Å²) in [4.78, 5) is 7.18. The van der Waals surface area contributed by atoms with Crippen molar-refractivity contribution in [3.8, 4) is 0 Å². The first-order valence-corrected chi connectivity index (χ1v) is 12.3. The van der Waals surface area contributed by atoms with Crippen molar-refractivity contribution in [2.45, 2.75) is 64.5 Å². The fourth-order valence-electron chi connectivity index (χ4n) is 4.92. The van der Waals surface area contributed by atoms with Gasteiger partial charge >= 0.3 is 0 Å². The van der Waals surface area contributed by atoms with E-state index in [1.165, 1.54) is 19.3 Å². The van der Waals surface area contributed by atoms with Crippen LogP contribution in [-0.4, -0.2) is 35.6 Å². The molecule has 1 aliphatic carbocycles. The van der Waals surface area contributed by atoms with Crippen LogP contribution in [0.15, 0.2) is 36.5 Å². The number of fused-ring (bicyclic) bond motifs is 1. The van der Waals surface area contributed by atoms with E-state index in [1.54, 1.807) is 6.07 Å². The third-order valence-electron chi connectivity index (χ3n) is 7.07.